The van der Waals surface area contributed by atoms with Crippen LogP contribution in [0.3, 0.4) is 0 Å². The van der Waals surface area contributed by atoms with Crippen molar-refractivity contribution >= 4 is 5.91 Å². The predicted molar refractivity (Wildman–Crippen MR) is 104 cm³/mol. The SMILES string of the molecule is CC(C)(C)c1cnc(CN2CCCN(C(=O)COc3ccccc3)CC2)o1. The standard InChI is InChI=1S/C21H29N3O3/c1-21(2,3)18-14-22-19(27-18)15-23-10-7-11-24(13-12-23)20(25)16-26-17-8-5-4-6-9-17/h4-6,8-9,14H,7,10-13,15-16H2,1-3H3. The highest BCUT2D eigenvalue weighted by Gasteiger charge is 2.22. The number of hydrogen-bond acceptors (Lipinski definition) is 5. The highest BCUT2D eigenvalue weighted by molar-refractivity contribution is 5.77. The molecule has 2 aromatic rings. The number of carbonyl (C=O) groups is 1. The van der Waals surface area contributed by atoms with Gasteiger partial charge in [-0.15, -0.1) is 0 Å². The number of benzene rings is 1. The molecule has 1 aromatic carbocycles. The minimum Gasteiger partial charge on any atom is -0.484 e. The third kappa shape index (κ3) is 5.57. The third-order valence-corrected chi connectivity index (χ3v) is 4.70. The number of carbonyl (C=O) groups excluding carboxylic acids is 1. The van der Waals surface area contributed by atoms with Gasteiger partial charge in [0.2, 0.25) is 5.89 Å². The molecule has 0 spiro atoms. The molecule has 3 rings (SSSR count). The summed E-state index contributed by atoms with van der Waals surface area (Å²) in [4.78, 5) is 21.1. The van der Waals surface area contributed by atoms with Gasteiger partial charge < -0.3 is 14.1 Å². The van der Waals surface area contributed by atoms with Crippen molar-refractivity contribution in [3.63, 3.8) is 0 Å². The van der Waals surface area contributed by atoms with E-state index in [9.17, 15) is 4.79 Å². The molecule has 1 aromatic heterocycles. The predicted octanol–water partition coefficient (Wildman–Crippen LogP) is 3.09. The molecule has 6 nitrogen and oxygen atoms in total. The Morgan fingerprint density at radius 1 is 1.15 bits per heavy atom. The van der Waals surface area contributed by atoms with E-state index in [1.54, 1.807) is 0 Å². The van der Waals surface area contributed by atoms with Crippen molar-refractivity contribution in [3.05, 3.63) is 48.2 Å². The number of para-hydroxylation sites is 1. The van der Waals surface area contributed by atoms with E-state index in [1.807, 2.05) is 41.4 Å². The fourth-order valence-electron chi connectivity index (χ4n) is 3.05. The fourth-order valence-corrected chi connectivity index (χ4v) is 3.05. The largest absolute Gasteiger partial charge is 0.484 e. The Kier molecular flexibility index (Phi) is 6.16. The van der Waals surface area contributed by atoms with Crippen LogP contribution in [0.2, 0.25) is 0 Å². The second kappa shape index (κ2) is 8.57. The second-order valence-electron chi connectivity index (χ2n) is 7.98. The Morgan fingerprint density at radius 3 is 2.63 bits per heavy atom. The lowest BCUT2D eigenvalue weighted by molar-refractivity contribution is -0.133. The molecule has 1 saturated heterocycles. The molecule has 0 atom stereocenters. The van der Waals surface area contributed by atoms with Gasteiger partial charge in [-0.2, -0.15) is 0 Å². The molecule has 1 aliphatic heterocycles. The van der Waals surface area contributed by atoms with Gasteiger partial charge in [0.1, 0.15) is 11.5 Å². The van der Waals surface area contributed by atoms with Gasteiger partial charge in [-0.25, -0.2) is 4.98 Å². The zero-order valence-electron chi connectivity index (χ0n) is 16.5. The molecule has 146 valence electrons. The van der Waals surface area contributed by atoms with E-state index in [-0.39, 0.29) is 17.9 Å². The topological polar surface area (TPSA) is 58.8 Å². The zero-order valence-corrected chi connectivity index (χ0v) is 16.5. The maximum Gasteiger partial charge on any atom is 0.260 e. The van der Waals surface area contributed by atoms with Gasteiger partial charge in [0, 0.05) is 31.6 Å². The second-order valence-corrected chi connectivity index (χ2v) is 7.98. The molecule has 6 heteroatoms. The number of oxazole rings is 1. The van der Waals surface area contributed by atoms with Gasteiger partial charge in [-0.1, -0.05) is 39.0 Å². The lowest BCUT2D eigenvalue weighted by Gasteiger charge is -2.21. The summed E-state index contributed by atoms with van der Waals surface area (Å²) in [5.41, 5.74) is -0.0357. The summed E-state index contributed by atoms with van der Waals surface area (Å²) < 4.78 is 11.5. The minimum absolute atomic E-state index is 0.0341. The summed E-state index contributed by atoms with van der Waals surface area (Å²) in [6.07, 6.45) is 2.76. The van der Waals surface area contributed by atoms with Crippen molar-refractivity contribution in [1.29, 1.82) is 0 Å². The highest BCUT2D eigenvalue weighted by Crippen LogP contribution is 2.23. The first kappa shape index (κ1) is 19.4. The molecule has 0 N–H and O–H groups in total. The van der Waals surface area contributed by atoms with Crippen LogP contribution < -0.4 is 4.74 Å². The van der Waals surface area contributed by atoms with Crippen LogP contribution in [-0.4, -0.2) is 53.5 Å². The molecule has 2 heterocycles. The maximum atomic E-state index is 12.5. The molecule has 1 aliphatic rings. The first-order valence-corrected chi connectivity index (χ1v) is 9.55. The average molecular weight is 371 g/mol. The molecular formula is C21H29N3O3. The van der Waals surface area contributed by atoms with Crippen molar-refractivity contribution in [2.45, 2.75) is 39.2 Å². The van der Waals surface area contributed by atoms with Crippen molar-refractivity contribution in [1.82, 2.24) is 14.8 Å². The Hall–Kier alpha value is -2.34. The van der Waals surface area contributed by atoms with E-state index in [2.05, 4.69) is 30.7 Å². The van der Waals surface area contributed by atoms with Crippen LogP contribution >= 0.6 is 0 Å². The normalized spacial score (nSPS) is 16.2. The smallest absolute Gasteiger partial charge is 0.260 e. The van der Waals surface area contributed by atoms with E-state index >= 15 is 0 Å². The monoisotopic (exact) mass is 371 g/mol. The van der Waals surface area contributed by atoms with Crippen LogP contribution in [0.15, 0.2) is 40.9 Å². The summed E-state index contributed by atoms with van der Waals surface area (Å²) in [7, 11) is 0. The molecule has 1 fully saturated rings. The molecule has 0 radical (unpaired) electrons. The van der Waals surface area contributed by atoms with Crippen LogP contribution in [0.5, 0.6) is 5.75 Å². The first-order chi connectivity index (χ1) is 12.9. The quantitative estimate of drug-likeness (QED) is 0.808. The Bertz CT molecular complexity index is 737. The number of nitrogens with zero attached hydrogens (tertiary/aromatic N) is 3. The molecule has 1 amide bonds. The number of rotatable bonds is 5. The van der Waals surface area contributed by atoms with Crippen LogP contribution in [0.25, 0.3) is 0 Å². The molecule has 0 saturated carbocycles. The zero-order chi connectivity index (χ0) is 19.3. The van der Waals surface area contributed by atoms with Gasteiger partial charge in [-0.3, -0.25) is 9.69 Å². The molecule has 27 heavy (non-hydrogen) atoms. The first-order valence-electron chi connectivity index (χ1n) is 9.55. The van der Waals surface area contributed by atoms with Crippen molar-refractivity contribution in [2.24, 2.45) is 0 Å². The fraction of sp³-hybridized carbons (Fsp3) is 0.524. The lowest BCUT2D eigenvalue weighted by Crippen LogP contribution is -2.38. The van der Waals surface area contributed by atoms with Crippen LogP contribution in [0, 0.1) is 0 Å². The van der Waals surface area contributed by atoms with E-state index < -0.39 is 0 Å². The number of ether oxygens (including phenoxy) is 1. The summed E-state index contributed by atoms with van der Waals surface area (Å²) in [5, 5.41) is 0. The van der Waals surface area contributed by atoms with Gasteiger partial charge >= 0.3 is 0 Å². The molecular weight excluding hydrogens is 342 g/mol. The van der Waals surface area contributed by atoms with E-state index in [0.29, 0.717) is 13.1 Å². The lowest BCUT2D eigenvalue weighted by atomic mass is 9.94. The summed E-state index contributed by atoms with van der Waals surface area (Å²) >= 11 is 0. The Labute approximate surface area is 161 Å². The number of amides is 1. The Balaban J connectivity index is 1.48. The van der Waals surface area contributed by atoms with Gasteiger partial charge in [0.05, 0.1) is 12.7 Å². The van der Waals surface area contributed by atoms with E-state index in [0.717, 1.165) is 43.5 Å². The number of aromatic nitrogens is 1. The molecule has 0 unspecified atom stereocenters. The van der Waals surface area contributed by atoms with Gasteiger partial charge in [0.15, 0.2) is 6.61 Å². The van der Waals surface area contributed by atoms with Crippen molar-refractivity contribution in [2.75, 3.05) is 32.8 Å². The third-order valence-electron chi connectivity index (χ3n) is 4.70. The van der Waals surface area contributed by atoms with Crippen LogP contribution in [0.4, 0.5) is 0 Å². The van der Waals surface area contributed by atoms with E-state index in [1.165, 1.54) is 0 Å². The highest BCUT2D eigenvalue weighted by atomic mass is 16.5. The van der Waals surface area contributed by atoms with Crippen LogP contribution in [-0.2, 0) is 16.8 Å². The number of hydrogen-bond donors (Lipinski definition) is 0. The van der Waals surface area contributed by atoms with Crippen molar-refractivity contribution in [3.8, 4) is 5.75 Å². The van der Waals surface area contributed by atoms with Gasteiger partial charge in [-0.05, 0) is 18.6 Å². The molecule has 0 bridgehead atoms. The van der Waals surface area contributed by atoms with Crippen molar-refractivity contribution < 1.29 is 13.9 Å². The summed E-state index contributed by atoms with van der Waals surface area (Å²) in [5.74, 6) is 2.40. The summed E-state index contributed by atoms with van der Waals surface area (Å²) in [6.45, 7) is 10.3. The molecule has 0 aliphatic carbocycles. The minimum atomic E-state index is -0.0357. The Morgan fingerprint density at radius 2 is 1.93 bits per heavy atom. The maximum absolute atomic E-state index is 12.5. The van der Waals surface area contributed by atoms with Gasteiger partial charge in [0.25, 0.3) is 5.91 Å². The van der Waals surface area contributed by atoms with Crippen LogP contribution in [0.1, 0.15) is 38.8 Å². The summed E-state index contributed by atoms with van der Waals surface area (Å²) in [6, 6.07) is 9.45. The average Bonchev–Trinajstić information content (AvgIpc) is 3.00. The van der Waals surface area contributed by atoms with E-state index in [4.69, 9.17) is 9.15 Å².